The van der Waals surface area contributed by atoms with E-state index in [-0.39, 0.29) is 18.1 Å². The number of nitrogens with one attached hydrogen (secondary N) is 1. The fourth-order valence-electron chi connectivity index (χ4n) is 2.99. The zero-order valence-electron chi connectivity index (χ0n) is 11.8. The molecular weight excluding hydrogens is 320 g/mol. The van der Waals surface area contributed by atoms with Gasteiger partial charge >= 0.3 is 0 Å². The third-order valence-corrected chi connectivity index (χ3v) is 4.53. The molecule has 3 rings (SSSR count). The summed E-state index contributed by atoms with van der Waals surface area (Å²) in [4.78, 5) is 12.5. The van der Waals surface area contributed by atoms with Gasteiger partial charge in [0.1, 0.15) is 5.69 Å². The topological polar surface area (TPSA) is 43.3 Å². The predicted octanol–water partition coefficient (Wildman–Crippen LogP) is 2.96. The van der Waals surface area contributed by atoms with E-state index in [0.717, 1.165) is 36.2 Å². The van der Waals surface area contributed by atoms with Crippen LogP contribution in [-0.2, 0) is 11.3 Å². The molecule has 0 bridgehead atoms. The van der Waals surface area contributed by atoms with Gasteiger partial charge in [0.05, 0.1) is 12.1 Å². The second-order valence-corrected chi connectivity index (χ2v) is 6.69. The molecule has 0 spiro atoms. The first-order valence-electron chi connectivity index (χ1n) is 7.47. The Hall–Kier alpha value is -0.810. The van der Waals surface area contributed by atoms with Crippen LogP contribution in [0.5, 0.6) is 0 Å². The number of nitrogens with zero attached hydrogens (tertiary/aromatic N) is 1. The predicted molar refractivity (Wildman–Crippen MR) is 80.8 cm³/mol. The van der Waals surface area contributed by atoms with E-state index in [1.807, 2.05) is 16.8 Å². The average molecular weight is 341 g/mol. The van der Waals surface area contributed by atoms with Crippen LogP contribution in [0, 0.1) is 5.92 Å². The summed E-state index contributed by atoms with van der Waals surface area (Å²) in [6.07, 6.45) is 6.64. The van der Waals surface area contributed by atoms with E-state index in [9.17, 15) is 4.79 Å². The lowest BCUT2D eigenvalue weighted by Crippen LogP contribution is -2.42. The van der Waals surface area contributed by atoms with Gasteiger partial charge in [-0.2, -0.15) is 0 Å². The van der Waals surface area contributed by atoms with Crippen molar-refractivity contribution in [3.05, 3.63) is 22.4 Å². The minimum absolute atomic E-state index is 0.0188. The second-order valence-electron chi connectivity index (χ2n) is 5.78. The van der Waals surface area contributed by atoms with Crippen LogP contribution in [0.25, 0.3) is 0 Å². The first-order chi connectivity index (χ1) is 9.69. The summed E-state index contributed by atoms with van der Waals surface area (Å²) in [5.41, 5.74) is 0.736. The Morgan fingerprint density at radius 3 is 3.00 bits per heavy atom. The average Bonchev–Trinajstić information content (AvgIpc) is 3.04. The van der Waals surface area contributed by atoms with Crippen LogP contribution in [0.4, 0.5) is 0 Å². The van der Waals surface area contributed by atoms with Crippen LogP contribution >= 0.6 is 15.9 Å². The number of carbonyl (C=O) groups is 1. The van der Waals surface area contributed by atoms with Gasteiger partial charge in [0.25, 0.3) is 5.91 Å². The van der Waals surface area contributed by atoms with Crippen LogP contribution in [0.15, 0.2) is 16.7 Å². The van der Waals surface area contributed by atoms with E-state index in [4.69, 9.17) is 4.74 Å². The van der Waals surface area contributed by atoms with E-state index in [2.05, 4.69) is 28.2 Å². The second kappa shape index (κ2) is 5.90. The number of amides is 1. The lowest BCUT2D eigenvalue weighted by molar-refractivity contribution is 0.0725. The molecule has 1 saturated heterocycles. The minimum Gasteiger partial charge on any atom is -0.376 e. The fraction of sp³-hybridized carbons (Fsp3) is 0.667. The molecule has 4 nitrogen and oxygen atoms in total. The maximum Gasteiger partial charge on any atom is 0.268 e. The molecule has 1 aromatic heterocycles. The number of aromatic nitrogens is 1. The van der Waals surface area contributed by atoms with E-state index in [1.54, 1.807) is 0 Å². The van der Waals surface area contributed by atoms with Crippen molar-refractivity contribution in [1.82, 2.24) is 9.88 Å². The van der Waals surface area contributed by atoms with Gasteiger partial charge in [-0.15, -0.1) is 0 Å². The molecule has 1 N–H and O–H groups in total. The largest absolute Gasteiger partial charge is 0.376 e. The molecule has 2 atom stereocenters. The third kappa shape index (κ3) is 2.93. The van der Waals surface area contributed by atoms with Crippen LogP contribution in [0.3, 0.4) is 0 Å². The van der Waals surface area contributed by atoms with E-state index >= 15 is 0 Å². The molecule has 1 amide bonds. The zero-order valence-corrected chi connectivity index (χ0v) is 13.4. The quantitative estimate of drug-likeness (QED) is 0.895. The number of aryl methyl sites for hydroxylation is 1. The summed E-state index contributed by atoms with van der Waals surface area (Å²) in [7, 11) is 0. The molecule has 5 heteroatoms. The van der Waals surface area contributed by atoms with Crippen molar-refractivity contribution in [2.45, 2.75) is 51.3 Å². The van der Waals surface area contributed by atoms with Gasteiger partial charge in [0, 0.05) is 23.8 Å². The molecule has 2 aliphatic rings. The first-order valence-corrected chi connectivity index (χ1v) is 8.26. The van der Waals surface area contributed by atoms with E-state index in [1.165, 1.54) is 12.8 Å². The van der Waals surface area contributed by atoms with Crippen molar-refractivity contribution in [3.8, 4) is 0 Å². The van der Waals surface area contributed by atoms with Crippen LogP contribution < -0.4 is 5.32 Å². The fourth-order valence-corrected chi connectivity index (χ4v) is 3.45. The number of ether oxygens (including phenoxy) is 1. The van der Waals surface area contributed by atoms with Gasteiger partial charge in [0.2, 0.25) is 0 Å². The summed E-state index contributed by atoms with van der Waals surface area (Å²) in [6.45, 7) is 3.75. The maximum absolute atomic E-state index is 12.5. The van der Waals surface area contributed by atoms with Crippen LogP contribution in [-0.4, -0.2) is 29.2 Å². The van der Waals surface area contributed by atoms with Gasteiger partial charge in [-0.1, -0.05) is 6.92 Å². The normalized spacial score (nSPS) is 25.9. The smallest absolute Gasteiger partial charge is 0.268 e. The molecule has 1 aliphatic carbocycles. The molecule has 2 unspecified atom stereocenters. The Kier molecular flexibility index (Phi) is 4.17. The molecule has 0 radical (unpaired) electrons. The first kappa shape index (κ1) is 14.1. The van der Waals surface area contributed by atoms with Crippen LogP contribution in [0.2, 0.25) is 0 Å². The summed E-state index contributed by atoms with van der Waals surface area (Å²) >= 11 is 3.45. The number of halogens is 1. The highest BCUT2D eigenvalue weighted by molar-refractivity contribution is 9.10. The highest BCUT2D eigenvalue weighted by Gasteiger charge is 2.41. The Bertz CT molecular complexity index is 496. The Morgan fingerprint density at radius 2 is 2.30 bits per heavy atom. The number of hydrogen-bond donors (Lipinski definition) is 1. The molecule has 110 valence electrons. The molecule has 1 aromatic rings. The van der Waals surface area contributed by atoms with Crippen LogP contribution in [0.1, 0.15) is 43.1 Å². The van der Waals surface area contributed by atoms with Gasteiger partial charge in [0.15, 0.2) is 0 Å². The number of hydrogen-bond acceptors (Lipinski definition) is 2. The highest BCUT2D eigenvalue weighted by atomic mass is 79.9. The van der Waals surface area contributed by atoms with Crippen molar-refractivity contribution >= 4 is 21.8 Å². The van der Waals surface area contributed by atoms with Crippen molar-refractivity contribution < 1.29 is 9.53 Å². The summed E-state index contributed by atoms with van der Waals surface area (Å²) in [5, 5.41) is 3.17. The molecule has 20 heavy (non-hydrogen) atoms. The molecule has 0 aromatic carbocycles. The van der Waals surface area contributed by atoms with Crippen molar-refractivity contribution in [2.24, 2.45) is 5.92 Å². The number of carbonyl (C=O) groups excluding carboxylic acids is 1. The van der Waals surface area contributed by atoms with Crippen molar-refractivity contribution in [2.75, 3.05) is 6.61 Å². The lowest BCUT2D eigenvalue weighted by Gasteiger charge is -2.19. The van der Waals surface area contributed by atoms with Crippen molar-refractivity contribution in [3.63, 3.8) is 0 Å². The molecule has 2 fully saturated rings. The standard InChI is InChI=1S/C15H21BrN2O2/c1-2-6-18-9-11(16)8-13(18)15(19)17-12-5-7-20-14(12)10-3-4-10/h8-10,12,14H,2-7H2,1H3,(H,17,19). The monoisotopic (exact) mass is 340 g/mol. The Labute approximate surface area is 128 Å². The molecule has 1 saturated carbocycles. The summed E-state index contributed by atoms with van der Waals surface area (Å²) in [5.74, 6) is 0.683. The summed E-state index contributed by atoms with van der Waals surface area (Å²) in [6, 6.07) is 2.08. The molecule has 1 aliphatic heterocycles. The third-order valence-electron chi connectivity index (χ3n) is 4.10. The van der Waals surface area contributed by atoms with Gasteiger partial charge in [-0.3, -0.25) is 4.79 Å². The molecule has 2 heterocycles. The maximum atomic E-state index is 12.5. The highest BCUT2D eigenvalue weighted by Crippen LogP contribution is 2.38. The van der Waals surface area contributed by atoms with Gasteiger partial charge in [-0.05, 0) is 53.6 Å². The Morgan fingerprint density at radius 1 is 1.50 bits per heavy atom. The Balaban J connectivity index is 1.69. The SMILES string of the molecule is CCCn1cc(Br)cc1C(=O)NC1CCOC1C1CC1. The molecular formula is C15H21BrN2O2. The number of rotatable bonds is 5. The zero-order chi connectivity index (χ0) is 14.1. The van der Waals surface area contributed by atoms with Gasteiger partial charge < -0.3 is 14.6 Å². The minimum atomic E-state index is 0.0188. The van der Waals surface area contributed by atoms with Gasteiger partial charge in [-0.25, -0.2) is 0 Å². The van der Waals surface area contributed by atoms with E-state index < -0.39 is 0 Å². The van der Waals surface area contributed by atoms with Crippen molar-refractivity contribution in [1.29, 1.82) is 0 Å². The lowest BCUT2D eigenvalue weighted by atomic mass is 10.1. The summed E-state index contributed by atoms with van der Waals surface area (Å²) < 4.78 is 8.75. The van der Waals surface area contributed by atoms with E-state index in [0.29, 0.717) is 5.92 Å².